The molecule has 0 N–H and O–H groups in total. The van der Waals surface area contributed by atoms with Crippen molar-refractivity contribution in [1.29, 1.82) is 0 Å². The van der Waals surface area contributed by atoms with E-state index in [-0.39, 0.29) is 0 Å². The number of hydrogen-bond acceptors (Lipinski definition) is 1. The van der Waals surface area contributed by atoms with Crippen molar-refractivity contribution in [2.75, 3.05) is 13.2 Å². The van der Waals surface area contributed by atoms with Gasteiger partial charge in [-0.1, -0.05) is 66.2 Å². The first kappa shape index (κ1) is 17.0. The molecule has 0 amide bonds. The van der Waals surface area contributed by atoms with Gasteiger partial charge in [-0.25, -0.2) is 0 Å². The second kappa shape index (κ2) is 12.4. The van der Waals surface area contributed by atoms with E-state index in [1.54, 1.807) is 0 Å². The minimum atomic E-state index is 0.774. The molecule has 0 saturated heterocycles. The van der Waals surface area contributed by atoms with E-state index in [2.05, 4.69) is 27.7 Å². The molecule has 104 valence electrons. The van der Waals surface area contributed by atoms with E-state index in [4.69, 9.17) is 4.74 Å². The van der Waals surface area contributed by atoms with Crippen molar-refractivity contribution in [2.45, 2.75) is 79.1 Å². The highest BCUT2D eigenvalue weighted by molar-refractivity contribution is 4.49. The van der Waals surface area contributed by atoms with Gasteiger partial charge in [0.2, 0.25) is 0 Å². The minimum absolute atomic E-state index is 0.774. The van der Waals surface area contributed by atoms with Gasteiger partial charge in [0.25, 0.3) is 0 Å². The summed E-state index contributed by atoms with van der Waals surface area (Å²) in [6, 6.07) is 0. The first-order valence-corrected chi connectivity index (χ1v) is 7.70. The normalized spacial score (nSPS) is 11.6. The van der Waals surface area contributed by atoms with Gasteiger partial charge in [-0.2, -0.15) is 0 Å². The van der Waals surface area contributed by atoms with Crippen LogP contribution in [-0.4, -0.2) is 13.2 Å². The van der Waals surface area contributed by atoms with Crippen LogP contribution in [0.5, 0.6) is 0 Å². The number of ether oxygens (including phenoxy) is 1. The SMILES string of the molecule is CC(C)CCCCCCCCOCCC(C)C. The summed E-state index contributed by atoms with van der Waals surface area (Å²) in [5.41, 5.74) is 0. The van der Waals surface area contributed by atoms with Crippen molar-refractivity contribution in [3.8, 4) is 0 Å². The van der Waals surface area contributed by atoms with Gasteiger partial charge < -0.3 is 4.74 Å². The molecule has 0 aliphatic carbocycles. The Kier molecular flexibility index (Phi) is 12.4. The average molecular weight is 242 g/mol. The van der Waals surface area contributed by atoms with Crippen LogP contribution in [0.25, 0.3) is 0 Å². The van der Waals surface area contributed by atoms with Crippen LogP contribution in [0, 0.1) is 11.8 Å². The lowest BCUT2D eigenvalue weighted by atomic mass is 10.0. The molecule has 0 aromatic heterocycles. The van der Waals surface area contributed by atoms with Crippen LogP contribution < -0.4 is 0 Å². The predicted molar refractivity (Wildman–Crippen MR) is 77.4 cm³/mol. The third-order valence-electron chi connectivity index (χ3n) is 3.16. The Labute approximate surface area is 109 Å². The molecular formula is C16H34O. The molecule has 0 radical (unpaired) electrons. The van der Waals surface area contributed by atoms with Gasteiger partial charge in [-0.05, 0) is 24.7 Å². The van der Waals surface area contributed by atoms with Gasteiger partial charge in [0.15, 0.2) is 0 Å². The molecular weight excluding hydrogens is 208 g/mol. The zero-order valence-electron chi connectivity index (χ0n) is 12.6. The maximum absolute atomic E-state index is 5.60. The van der Waals surface area contributed by atoms with Gasteiger partial charge in [0.1, 0.15) is 0 Å². The third-order valence-corrected chi connectivity index (χ3v) is 3.16. The van der Waals surface area contributed by atoms with Crippen molar-refractivity contribution >= 4 is 0 Å². The highest BCUT2D eigenvalue weighted by atomic mass is 16.5. The topological polar surface area (TPSA) is 9.23 Å². The van der Waals surface area contributed by atoms with Crippen LogP contribution in [0.15, 0.2) is 0 Å². The van der Waals surface area contributed by atoms with E-state index in [0.717, 1.165) is 25.0 Å². The summed E-state index contributed by atoms with van der Waals surface area (Å²) in [5.74, 6) is 1.65. The Morgan fingerprint density at radius 3 is 1.71 bits per heavy atom. The van der Waals surface area contributed by atoms with Gasteiger partial charge >= 0.3 is 0 Å². The van der Waals surface area contributed by atoms with Gasteiger partial charge in [0.05, 0.1) is 0 Å². The molecule has 0 heterocycles. The zero-order chi connectivity index (χ0) is 12.9. The predicted octanol–water partition coefficient (Wildman–Crippen LogP) is 5.44. The monoisotopic (exact) mass is 242 g/mol. The van der Waals surface area contributed by atoms with Crippen molar-refractivity contribution in [3.63, 3.8) is 0 Å². The second-order valence-corrected chi connectivity index (χ2v) is 6.10. The molecule has 17 heavy (non-hydrogen) atoms. The highest BCUT2D eigenvalue weighted by Gasteiger charge is 1.96. The molecule has 0 unspecified atom stereocenters. The summed E-state index contributed by atoms with van der Waals surface area (Å²) in [6.45, 7) is 11.1. The first-order chi connectivity index (χ1) is 8.13. The standard InChI is InChI=1S/C16H34O/c1-15(2)11-9-7-5-6-8-10-13-17-14-12-16(3)4/h15-16H,5-14H2,1-4H3. The molecule has 0 aromatic carbocycles. The number of rotatable bonds is 12. The van der Waals surface area contributed by atoms with Gasteiger partial charge in [-0.3, -0.25) is 0 Å². The Balaban J connectivity index is 2.94. The smallest absolute Gasteiger partial charge is 0.0468 e. The van der Waals surface area contributed by atoms with Crippen molar-refractivity contribution < 1.29 is 4.74 Å². The van der Waals surface area contributed by atoms with Crippen LogP contribution in [-0.2, 0) is 4.74 Å². The van der Waals surface area contributed by atoms with E-state index >= 15 is 0 Å². The maximum atomic E-state index is 5.60. The summed E-state index contributed by atoms with van der Waals surface area (Å²) in [6.07, 6.45) is 10.9. The van der Waals surface area contributed by atoms with Crippen LogP contribution in [0.4, 0.5) is 0 Å². The fraction of sp³-hybridized carbons (Fsp3) is 1.00. The van der Waals surface area contributed by atoms with Crippen LogP contribution >= 0.6 is 0 Å². The third kappa shape index (κ3) is 16.0. The quantitative estimate of drug-likeness (QED) is 0.414. The molecule has 0 aromatic rings. The van der Waals surface area contributed by atoms with Crippen molar-refractivity contribution in [3.05, 3.63) is 0 Å². The average Bonchev–Trinajstić information content (AvgIpc) is 2.25. The fourth-order valence-corrected chi connectivity index (χ4v) is 1.88. The number of hydrogen-bond donors (Lipinski definition) is 0. The fourth-order valence-electron chi connectivity index (χ4n) is 1.88. The Bertz CT molecular complexity index is 124. The molecule has 0 fully saturated rings. The van der Waals surface area contributed by atoms with E-state index in [0.29, 0.717) is 0 Å². The Morgan fingerprint density at radius 2 is 1.12 bits per heavy atom. The van der Waals surface area contributed by atoms with Crippen LogP contribution in [0.1, 0.15) is 79.1 Å². The lowest BCUT2D eigenvalue weighted by Gasteiger charge is -2.06. The molecule has 0 bridgehead atoms. The van der Waals surface area contributed by atoms with Crippen LogP contribution in [0.2, 0.25) is 0 Å². The van der Waals surface area contributed by atoms with Crippen LogP contribution in [0.3, 0.4) is 0 Å². The van der Waals surface area contributed by atoms with E-state index in [9.17, 15) is 0 Å². The molecule has 1 heteroatoms. The van der Waals surface area contributed by atoms with E-state index < -0.39 is 0 Å². The Hall–Kier alpha value is -0.0400. The maximum Gasteiger partial charge on any atom is 0.0468 e. The minimum Gasteiger partial charge on any atom is -0.381 e. The molecule has 0 aliphatic rings. The number of unbranched alkanes of at least 4 members (excludes halogenated alkanes) is 5. The van der Waals surface area contributed by atoms with Crippen molar-refractivity contribution in [1.82, 2.24) is 0 Å². The summed E-state index contributed by atoms with van der Waals surface area (Å²) >= 11 is 0. The zero-order valence-corrected chi connectivity index (χ0v) is 12.6. The molecule has 1 nitrogen and oxygen atoms in total. The summed E-state index contributed by atoms with van der Waals surface area (Å²) in [5, 5.41) is 0. The molecule has 0 spiro atoms. The van der Waals surface area contributed by atoms with Gasteiger partial charge in [-0.15, -0.1) is 0 Å². The van der Waals surface area contributed by atoms with Crippen molar-refractivity contribution in [2.24, 2.45) is 11.8 Å². The lowest BCUT2D eigenvalue weighted by Crippen LogP contribution is -2.00. The lowest BCUT2D eigenvalue weighted by molar-refractivity contribution is 0.119. The largest absolute Gasteiger partial charge is 0.381 e. The van der Waals surface area contributed by atoms with E-state index in [1.807, 2.05) is 0 Å². The molecule has 0 aliphatic heterocycles. The molecule has 0 saturated carbocycles. The Morgan fingerprint density at radius 1 is 0.588 bits per heavy atom. The summed E-state index contributed by atoms with van der Waals surface area (Å²) < 4.78 is 5.60. The second-order valence-electron chi connectivity index (χ2n) is 6.10. The first-order valence-electron chi connectivity index (χ1n) is 7.70. The van der Waals surface area contributed by atoms with Gasteiger partial charge in [0, 0.05) is 13.2 Å². The highest BCUT2D eigenvalue weighted by Crippen LogP contribution is 2.11. The molecule has 0 atom stereocenters. The molecule has 0 rings (SSSR count). The van der Waals surface area contributed by atoms with E-state index in [1.165, 1.54) is 51.4 Å². The summed E-state index contributed by atoms with van der Waals surface area (Å²) in [7, 11) is 0. The summed E-state index contributed by atoms with van der Waals surface area (Å²) in [4.78, 5) is 0.